The van der Waals surface area contributed by atoms with Gasteiger partial charge in [0, 0.05) is 45.5 Å². The predicted octanol–water partition coefficient (Wildman–Crippen LogP) is 1.94. The van der Waals surface area contributed by atoms with Crippen molar-refractivity contribution in [1.29, 1.82) is 0 Å². The van der Waals surface area contributed by atoms with Crippen LogP contribution in [0, 0.1) is 12.8 Å². The van der Waals surface area contributed by atoms with Crippen LogP contribution in [-0.4, -0.2) is 63.8 Å². The number of primary amides is 1. The highest BCUT2D eigenvalue weighted by atomic mass is 32.2. The van der Waals surface area contributed by atoms with Crippen LogP contribution < -0.4 is 16.2 Å². The molecule has 4 heterocycles. The first kappa shape index (κ1) is 24.4. The Morgan fingerprint density at radius 2 is 2.06 bits per heavy atom. The van der Waals surface area contributed by atoms with Gasteiger partial charge in [0.25, 0.3) is 11.5 Å². The third kappa shape index (κ3) is 4.86. The normalized spacial score (nSPS) is 18.5. The lowest BCUT2D eigenvalue weighted by molar-refractivity contribution is -0.123. The Hall–Kier alpha value is -2.76. The van der Waals surface area contributed by atoms with E-state index in [1.54, 1.807) is 30.3 Å². The van der Waals surface area contributed by atoms with Crippen LogP contribution in [0.4, 0.5) is 5.82 Å². The van der Waals surface area contributed by atoms with E-state index in [0.717, 1.165) is 5.56 Å². The smallest absolute Gasteiger partial charge is 0.267 e. The molecule has 0 aliphatic carbocycles. The number of carbonyl (C=O) groups excluding carboxylic acids is 2. The van der Waals surface area contributed by atoms with Crippen LogP contribution in [-0.2, 0) is 14.3 Å². The lowest BCUT2D eigenvalue weighted by atomic mass is 9.96. The number of hydrogen-bond donors (Lipinski definition) is 1. The van der Waals surface area contributed by atoms with Gasteiger partial charge in [-0.15, -0.1) is 0 Å². The molecule has 2 saturated heterocycles. The number of thiocarbonyl (C=S) groups is 1. The Kier molecular flexibility index (Phi) is 7.34. The number of aryl methyl sites for hydroxylation is 1. The number of piperidine rings is 1. The summed E-state index contributed by atoms with van der Waals surface area (Å²) in [5.41, 5.74) is 7.00. The second-order valence-corrected chi connectivity index (χ2v) is 10.1. The van der Waals surface area contributed by atoms with E-state index in [-0.39, 0.29) is 23.3 Å². The molecule has 180 valence electrons. The number of nitrogens with zero attached hydrogens (tertiary/aromatic N) is 4. The zero-order valence-corrected chi connectivity index (χ0v) is 20.8. The predicted molar refractivity (Wildman–Crippen MR) is 137 cm³/mol. The minimum absolute atomic E-state index is 0.188. The van der Waals surface area contributed by atoms with E-state index < -0.39 is 0 Å². The molecule has 4 rings (SSSR count). The molecule has 2 aromatic rings. The maximum atomic E-state index is 13.6. The van der Waals surface area contributed by atoms with Crippen LogP contribution in [0.5, 0.6) is 0 Å². The third-order valence-electron chi connectivity index (χ3n) is 6.06. The average molecular weight is 502 g/mol. The molecule has 0 unspecified atom stereocenters. The number of rotatable bonds is 7. The molecule has 11 heteroatoms. The number of amides is 2. The first-order valence-electron chi connectivity index (χ1n) is 11.1. The van der Waals surface area contributed by atoms with Gasteiger partial charge in [0.05, 0.1) is 10.5 Å². The number of aromatic nitrogens is 2. The van der Waals surface area contributed by atoms with Gasteiger partial charge in [0.1, 0.15) is 15.8 Å². The molecule has 0 aromatic carbocycles. The number of hydrogen-bond acceptors (Lipinski definition) is 8. The number of anilines is 1. The van der Waals surface area contributed by atoms with Crippen molar-refractivity contribution < 1.29 is 14.3 Å². The fourth-order valence-corrected chi connectivity index (χ4v) is 5.47. The molecule has 2 amide bonds. The minimum Gasteiger partial charge on any atom is -0.385 e. The second-order valence-electron chi connectivity index (χ2n) is 8.43. The Bertz CT molecular complexity index is 1230. The Balaban J connectivity index is 1.75. The van der Waals surface area contributed by atoms with Crippen LogP contribution in [0.1, 0.15) is 30.4 Å². The second kappa shape index (κ2) is 10.2. The molecular formula is C23H27N5O4S2. The van der Waals surface area contributed by atoms with E-state index in [1.165, 1.54) is 16.2 Å². The minimum atomic E-state index is -0.306. The van der Waals surface area contributed by atoms with E-state index >= 15 is 0 Å². The van der Waals surface area contributed by atoms with Crippen molar-refractivity contribution in [3.63, 3.8) is 0 Å². The van der Waals surface area contributed by atoms with E-state index in [1.807, 2.05) is 17.9 Å². The van der Waals surface area contributed by atoms with Gasteiger partial charge in [0.2, 0.25) is 5.91 Å². The average Bonchev–Trinajstić information content (AvgIpc) is 3.08. The maximum absolute atomic E-state index is 13.6. The molecule has 0 radical (unpaired) electrons. The number of fused-ring (bicyclic) bond motifs is 1. The van der Waals surface area contributed by atoms with Crippen LogP contribution in [0.3, 0.4) is 0 Å². The monoisotopic (exact) mass is 501 g/mol. The summed E-state index contributed by atoms with van der Waals surface area (Å²) >= 11 is 6.60. The molecule has 2 aliphatic heterocycles. The molecule has 2 aromatic heterocycles. The molecule has 0 spiro atoms. The highest BCUT2D eigenvalue weighted by Crippen LogP contribution is 2.34. The fraction of sp³-hybridized carbons (Fsp3) is 0.435. The number of thioether (sulfide) groups is 1. The lowest BCUT2D eigenvalue weighted by Gasteiger charge is -2.32. The fourth-order valence-electron chi connectivity index (χ4n) is 4.18. The summed E-state index contributed by atoms with van der Waals surface area (Å²) in [6.07, 6.45) is 5.18. The van der Waals surface area contributed by atoms with Crippen molar-refractivity contribution in [3.05, 3.63) is 44.7 Å². The van der Waals surface area contributed by atoms with Gasteiger partial charge in [-0.2, -0.15) is 0 Å². The van der Waals surface area contributed by atoms with Gasteiger partial charge in [-0.1, -0.05) is 30.0 Å². The van der Waals surface area contributed by atoms with Crippen molar-refractivity contribution in [3.8, 4) is 0 Å². The third-order valence-corrected chi connectivity index (χ3v) is 7.44. The highest BCUT2D eigenvalue weighted by molar-refractivity contribution is 8.26. The van der Waals surface area contributed by atoms with Crippen LogP contribution in [0.25, 0.3) is 11.7 Å². The largest absolute Gasteiger partial charge is 0.385 e. The van der Waals surface area contributed by atoms with E-state index in [0.29, 0.717) is 71.8 Å². The standard InChI is InChI=1S/C23H27N5O4S2/c1-14-4-5-18-25-20(26-9-6-15(7-10-26)19(24)29)16(21(30)28(18)13-14)12-17-22(31)27(23(33)34-17)8-3-11-32-2/h4-5,12-13,15H,3,6-11H2,1-2H3,(H2,24,29). The summed E-state index contributed by atoms with van der Waals surface area (Å²) in [5, 5.41) is 0. The summed E-state index contributed by atoms with van der Waals surface area (Å²) < 4.78 is 7.04. The Morgan fingerprint density at radius 3 is 2.74 bits per heavy atom. The van der Waals surface area contributed by atoms with Crippen molar-refractivity contribution in [2.45, 2.75) is 26.2 Å². The quantitative estimate of drug-likeness (QED) is 0.348. The number of ether oxygens (including phenoxy) is 1. The van der Waals surface area contributed by atoms with Gasteiger partial charge in [0.15, 0.2) is 0 Å². The molecule has 0 saturated carbocycles. The topological polar surface area (TPSA) is 110 Å². The van der Waals surface area contributed by atoms with Crippen molar-refractivity contribution >= 4 is 57.7 Å². The molecule has 0 atom stereocenters. The number of pyridine rings is 1. The summed E-state index contributed by atoms with van der Waals surface area (Å²) in [5.74, 6) is -0.217. The summed E-state index contributed by atoms with van der Waals surface area (Å²) in [7, 11) is 1.61. The molecule has 34 heavy (non-hydrogen) atoms. The summed E-state index contributed by atoms with van der Waals surface area (Å²) in [4.78, 5) is 47.0. The Morgan fingerprint density at radius 1 is 1.32 bits per heavy atom. The number of carbonyl (C=O) groups is 2. The van der Waals surface area contributed by atoms with Crippen molar-refractivity contribution in [2.75, 3.05) is 38.3 Å². The first-order valence-corrected chi connectivity index (χ1v) is 12.3. The van der Waals surface area contributed by atoms with Crippen molar-refractivity contribution in [1.82, 2.24) is 14.3 Å². The zero-order valence-electron chi connectivity index (χ0n) is 19.2. The van der Waals surface area contributed by atoms with Crippen LogP contribution in [0.2, 0.25) is 0 Å². The maximum Gasteiger partial charge on any atom is 0.267 e. The summed E-state index contributed by atoms with van der Waals surface area (Å²) in [6, 6.07) is 3.70. The molecule has 2 fully saturated rings. The lowest BCUT2D eigenvalue weighted by Crippen LogP contribution is -2.40. The number of methoxy groups -OCH3 is 1. The van der Waals surface area contributed by atoms with E-state index in [2.05, 4.69) is 0 Å². The number of nitrogens with two attached hydrogens (primary N) is 1. The van der Waals surface area contributed by atoms with Gasteiger partial charge in [-0.25, -0.2) is 4.98 Å². The highest BCUT2D eigenvalue weighted by Gasteiger charge is 2.33. The zero-order chi connectivity index (χ0) is 24.4. The molecule has 2 aliphatic rings. The van der Waals surface area contributed by atoms with Crippen molar-refractivity contribution in [2.24, 2.45) is 11.7 Å². The Labute approximate surface area is 206 Å². The van der Waals surface area contributed by atoms with Gasteiger partial charge < -0.3 is 15.4 Å². The van der Waals surface area contributed by atoms with Gasteiger partial charge >= 0.3 is 0 Å². The SMILES string of the molecule is COCCCN1C(=O)C(=Cc2c(N3CCC(C(N)=O)CC3)nc3ccc(C)cn3c2=O)SC1=S. The molecule has 9 nitrogen and oxygen atoms in total. The molecular weight excluding hydrogens is 474 g/mol. The van der Waals surface area contributed by atoms with E-state index in [4.69, 9.17) is 27.7 Å². The molecule has 2 N–H and O–H groups in total. The van der Waals surface area contributed by atoms with Crippen LogP contribution >= 0.6 is 24.0 Å². The van der Waals surface area contributed by atoms with Gasteiger partial charge in [-0.05, 0) is 43.9 Å². The summed E-state index contributed by atoms with van der Waals surface area (Å²) in [6.45, 7) is 3.97. The van der Waals surface area contributed by atoms with E-state index in [9.17, 15) is 14.4 Å². The van der Waals surface area contributed by atoms with Crippen LogP contribution in [0.15, 0.2) is 28.0 Å². The molecule has 0 bridgehead atoms. The van der Waals surface area contributed by atoms with Gasteiger partial charge in [-0.3, -0.25) is 23.7 Å². The first-order chi connectivity index (χ1) is 16.3.